The number of halogens is 1. The van der Waals surface area contributed by atoms with Crippen LogP contribution < -0.4 is 23.8 Å². The molecule has 3 rings (SSSR count). The Balaban J connectivity index is 0.00000432. The normalized spacial score (nSPS) is 10.9. The van der Waals surface area contributed by atoms with Gasteiger partial charge in [0, 0.05) is 19.2 Å². The highest BCUT2D eigenvalue weighted by molar-refractivity contribution is 7.22. The first-order valence-corrected chi connectivity index (χ1v) is 11.7. The molecule has 35 heavy (non-hydrogen) atoms. The second kappa shape index (κ2) is 13.2. The molecule has 0 saturated heterocycles. The summed E-state index contributed by atoms with van der Waals surface area (Å²) in [6, 6.07) is 9.36. The maximum atomic E-state index is 13.3. The number of amides is 1. The molecule has 0 unspecified atom stereocenters. The third kappa shape index (κ3) is 7.00. The molecular weight excluding hydrogens is 490 g/mol. The highest BCUT2D eigenvalue weighted by atomic mass is 35.5. The molecule has 1 amide bonds. The number of ether oxygens (including phenoxy) is 4. The number of benzene rings is 2. The average Bonchev–Trinajstić information content (AvgIpc) is 3.25. The van der Waals surface area contributed by atoms with Crippen molar-refractivity contribution >= 4 is 51.1 Å². The van der Waals surface area contributed by atoms with Gasteiger partial charge in [-0.25, -0.2) is 4.98 Å². The van der Waals surface area contributed by atoms with Crippen LogP contribution in [-0.4, -0.2) is 70.9 Å². The van der Waals surface area contributed by atoms with Gasteiger partial charge < -0.3 is 23.8 Å². The van der Waals surface area contributed by atoms with E-state index in [0.717, 1.165) is 21.5 Å². The van der Waals surface area contributed by atoms with E-state index in [1.807, 2.05) is 44.1 Å². The van der Waals surface area contributed by atoms with Crippen LogP contribution in [0.3, 0.4) is 0 Å². The van der Waals surface area contributed by atoms with E-state index in [1.54, 1.807) is 44.4 Å². The van der Waals surface area contributed by atoms with E-state index < -0.39 is 0 Å². The van der Waals surface area contributed by atoms with Gasteiger partial charge in [-0.15, -0.1) is 12.4 Å². The van der Waals surface area contributed by atoms with E-state index in [-0.39, 0.29) is 18.3 Å². The lowest BCUT2D eigenvalue weighted by Gasteiger charge is -2.20. The van der Waals surface area contributed by atoms with Crippen molar-refractivity contribution < 1.29 is 23.7 Å². The molecular formula is C25H32ClN3O5S. The Kier molecular flexibility index (Phi) is 10.6. The number of thiazole rings is 1. The maximum absolute atomic E-state index is 13.3. The molecule has 0 radical (unpaired) electrons. The van der Waals surface area contributed by atoms with Gasteiger partial charge in [0.15, 0.2) is 16.6 Å². The summed E-state index contributed by atoms with van der Waals surface area (Å²) in [6.45, 7) is 3.74. The van der Waals surface area contributed by atoms with Crippen LogP contribution in [0.4, 0.5) is 5.13 Å². The van der Waals surface area contributed by atoms with Crippen molar-refractivity contribution in [2.24, 2.45) is 0 Å². The summed E-state index contributed by atoms with van der Waals surface area (Å²) < 4.78 is 22.8. The van der Waals surface area contributed by atoms with Crippen LogP contribution in [0, 0.1) is 0 Å². The summed E-state index contributed by atoms with van der Waals surface area (Å²) in [7, 11) is 8.62. The van der Waals surface area contributed by atoms with Gasteiger partial charge >= 0.3 is 0 Å². The summed E-state index contributed by atoms with van der Waals surface area (Å²) in [4.78, 5) is 21.7. The molecule has 0 bridgehead atoms. The number of carbonyl (C=O) groups is 1. The van der Waals surface area contributed by atoms with E-state index in [0.29, 0.717) is 42.1 Å². The Morgan fingerprint density at radius 2 is 1.71 bits per heavy atom. The van der Waals surface area contributed by atoms with Gasteiger partial charge in [-0.2, -0.15) is 0 Å². The topological polar surface area (TPSA) is 73.4 Å². The molecule has 0 aliphatic rings. The van der Waals surface area contributed by atoms with Crippen LogP contribution in [0.1, 0.15) is 12.5 Å². The number of aromatic nitrogens is 1. The molecule has 0 N–H and O–H groups in total. The van der Waals surface area contributed by atoms with E-state index in [2.05, 4.69) is 0 Å². The Hall–Kier alpha value is -3.01. The number of nitrogens with zero attached hydrogens (tertiary/aromatic N) is 3. The van der Waals surface area contributed by atoms with Crippen molar-refractivity contribution in [1.29, 1.82) is 0 Å². The Labute approximate surface area is 216 Å². The predicted octanol–water partition coefficient (Wildman–Crippen LogP) is 4.75. The molecule has 0 fully saturated rings. The molecule has 3 aromatic rings. The molecule has 2 aromatic carbocycles. The van der Waals surface area contributed by atoms with Gasteiger partial charge in [-0.1, -0.05) is 11.3 Å². The number of carbonyl (C=O) groups excluding carboxylic acids is 1. The first-order valence-electron chi connectivity index (χ1n) is 10.9. The molecule has 0 atom stereocenters. The van der Waals surface area contributed by atoms with Gasteiger partial charge in [0.25, 0.3) is 5.91 Å². The fourth-order valence-electron chi connectivity index (χ4n) is 3.32. The summed E-state index contributed by atoms with van der Waals surface area (Å²) in [5.74, 6) is 2.17. The van der Waals surface area contributed by atoms with Gasteiger partial charge in [0.05, 0.1) is 38.2 Å². The molecule has 0 aliphatic heterocycles. The SMILES string of the molecule is CCOc1ccc2nc(N(CCN(C)C)C(=O)C=Cc3cc(OC)c(OC)c(OC)c3)sc2c1.Cl. The quantitative estimate of drug-likeness (QED) is 0.337. The van der Waals surface area contributed by atoms with Crippen LogP contribution in [0.2, 0.25) is 0 Å². The maximum Gasteiger partial charge on any atom is 0.252 e. The highest BCUT2D eigenvalue weighted by Crippen LogP contribution is 2.38. The number of fused-ring (bicyclic) bond motifs is 1. The molecule has 8 nitrogen and oxygen atoms in total. The summed E-state index contributed by atoms with van der Waals surface area (Å²) >= 11 is 1.47. The third-order valence-electron chi connectivity index (χ3n) is 5.03. The molecule has 0 saturated carbocycles. The minimum atomic E-state index is -0.167. The second-order valence-corrected chi connectivity index (χ2v) is 8.65. The average molecular weight is 522 g/mol. The van der Waals surface area contributed by atoms with Crippen molar-refractivity contribution in [3.63, 3.8) is 0 Å². The minimum absolute atomic E-state index is 0. The lowest BCUT2D eigenvalue weighted by atomic mass is 10.1. The number of hydrogen-bond donors (Lipinski definition) is 0. The Morgan fingerprint density at radius 1 is 1.03 bits per heavy atom. The number of anilines is 1. The second-order valence-electron chi connectivity index (χ2n) is 7.64. The first kappa shape index (κ1) is 28.2. The fraction of sp³-hybridized carbons (Fsp3) is 0.360. The number of rotatable bonds is 11. The van der Waals surface area contributed by atoms with E-state index in [4.69, 9.17) is 23.9 Å². The van der Waals surface area contributed by atoms with Gasteiger partial charge in [0.2, 0.25) is 5.75 Å². The third-order valence-corrected chi connectivity index (χ3v) is 6.07. The van der Waals surface area contributed by atoms with Crippen LogP contribution in [0.15, 0.2) is 36.4 Å². The van der Waals surface area contributed by atoms with Gasteiger partial charge in [0.1, 0.15) is 5.75 Å². The zero-order valence-corrected chi connectivity index (χ0v) is 22.5. The van der Waals surface area contributed by atoms with Crippen molar-refractivity contribution in [3.05, 3.63) is 42.0 Å². The van der Waals surface area contributed by atoms with Crippen LogP contribution in [0.25, 0.3) is 16.3 Å². The molecule has 1 heterocycles. The lowest BCUT2D eigenvalue weighted by Crippen LogP contribution is -2.35. The monoisotopic (exact) mass is 521 g/mol. The largest absolute Gasteiger partial charge is 0.494 e. The lowest BCUT2D eigenvalue weighted by molar-refractivity contribution is -0.114. The number of likely N-dealkylation sites (N-methyl/N-ethyl adjacent to an activating group) is 1. The predicted molar refractivity (Wildman–Crippen MR) is 144 cm³/mol. The highest BCUT2D eigenvalue weighted by Gasteiger charge is 2.19. The summed E-state index contributed by atoms with van der Waals surface area (Å²) in [6.07, 6.45) is 3.27. The van der Waals surface area contributed by atoms with Gasteiger partial charge in [-0.3, -0.25) is 9.69 Å². The Bertz CT molecular complexity index is 1140. The number of hydrogen-bond acceptors (Lipinski definition) is 8. The van der Waals surface area contributed by atoms with Crippen molar-refractivity contribution in [1.82, 2.24) is 9.88 Å². The fourth-order valence-corrected chi connectivity index (χ4v) is 4.35. The molecule has 10 heteroatoms. The van der Waals surface area contributed by atoms with Crippen LogP contribution in [0.5, 0.6) is 23.0 Å². The van der Waals surface area contributed by atoms with Crippen molar-refractivity contribution in [2.45, 2.75) is 6.92 Å². The molecule has 0 aliphatic carbocycles. The van der Waals surface area contributed by atoms with Gasteiger partial charge in [-0.05, 0) is 63.0 Å². The van der Waals surface area contributed by atoms with E-state index in [1.165, 1.54) is 17.4 Å². The van der Waals surface area contributed by atoms with Crippen LogP contribution >= 0.6 is 23.7 Å². The van der Waals surface area contributed by atoms with E-state index in [9.17, 15) is 4.79 Å². The van der Waals surface area contributed by atoms with Crippen LogP contribution in [-0.2, 0) is 4.79 Å². The smallest absolute Gasteiger partial charge is 0.252 e. The summed E-state index contributed by atoms with van der Waals surface area (Å²) in [5, 5.41) is 0.644. The number of methoxy groups -OCH3 is 3. The zero-order valence-electron chi connectivity index (χ0n) is 20.9. The summed E-state index contributed by atoms with van der Waals surface area (Å²) in [5.41, 5.74) is 1.58. The minimum Gasteiger partial charge on any atom is -0.494 e. The molecule has 190 valence electrons. The first-order chi connectivity index (χ1) is 16.4. The van der Waals surface area contributed by atoms with Crippen molar-refractivity contribution in [2.75, 3.05) is 60.0 Å². The zero-order chi connectivity index (χ0) is 24.7. The van der Waals surface area contributed by atoms with Crippen molar-refractivity contribution in [3.8, 4) is 23.0 Å². The molecule has 0 spiro atoms. The Morgan fingerprint density at radius 3 is 2.29 bits per heavy atom. The van der Waals surface area contributed by atoms with E-state index >= 15 is 0 Å². The molecule has 1 aromatic heterocycles. The standard InChI is InChI=1S/C25H31N3O5S.ClH/c1-7-33-18-9-10-19-22(16-18)34-25(26-19)28(13-12-27(2)3)23(29)11-8-17-14-20(30-4)24(32-6)21(15-17)31-5;/h8-11,14-16H,7,12-13H2,1-6H3;1H.